The Bertz CT molecular complexity index is 1770. The number of Topliss-reactive ketones (excluding diaryl/α,β-unsaturated/α-hetero) is 1. The first-order valence-corrected chi connectivity index (χ1v) is 12.7. The summed E-state index contributed by atoms with van der Waals surface area (Å²) in [4.78, 5) is 26.5. The van der Waals surface area contributed by atoms with Gasteiger partial charge < -0.3 is 18.6 Å². The molecule has 1 aliphatic heterocycles. The number of esters is 1. The zero-order valence-corrected chi connectivity index (χ0v) is 21.5. The van der Waals surface area contributed by atoms with E-state index >= 15 is 0 Å². The van der Waals surface area contributed by atoms with E-state index in [-0.39, 0.29) is 22.9 Å². The smallest absolute Gasteiger partial charge is 0.348 e. The van der Waals surface area contributed by atoms with Crippen LogP contribution in [0.1, 0.15) is 33.2 Å². The molecule has 0 unspecified atom stereocenters. The maximum absolute atomic E-state index is 13.6. The molecule has 0 saturated heterocycles. The molecule has 4 aromatic carbocycles. The van der Waals surface area contributed by atoms with Crippen LogP contribution >= 0.6 is 11.6 Å². The van der Waals surface area contributed by atoms with Crippen molar-refractivity contribution in [3.8, 4) is 28.6 Å². The normalized spacial score (nSPS) is 13.4. The van der Waals surface area contributed by atoms with E-state index in [0.29, 0.717) is 51.0 Å². The van der Waals surface area contributed by atoms with Gasteiger partial charge in [0.05, 0.1) is 12.2 Å². The van der Waals surface area contributed by atoms with E-state index in [9.17, 15) is 9.59 Å². The molecule has 1 aromatic heterocycles. The van der Waals surface area contributed by atoms with Gasteiger partial charge in [-0.05, 0) is 55.0 Å². The number of hydrogen-bond donors (Lipinski definition) is 0. The number of carbonyl (C=O) groups is 2. The molecule has 0 aliphatic carbocycles. The summed E-state index contributed by atoms with van der Waals surface area (Å²) in [6.07, 6.45) is 1.59. The molecule has 0 spiro atoms. The number of ether oxygens (including phenoxy) is 3. The number of fused-ring (bicyclic) bond motifs is 2. The fourth-order valence-electron chi connectivity index (χ4n) is 4.45. The molecule has 39 heavy (non-hydrogen) atoms. The third-order valence-electron chi connectivity index (χ3n) is 6.25. The number of carbonyl (C=O) groups excluding carboxylic acids is 2. The maximum Gasteiger partial charge on any atom is 0.348 e. The van der Waals surface area contributed by atoms with E-state index in [0.717, 1.165) is 5.56 Å². The molecule has 5 aromatic rings. The fourth-order valence-corrected chi connectivity index (χ4v) is 4.64. The molecule has 0 saturated carbocycles. The predicted octanol–water partition coefficient (Wildman–Crippen LogP) is 7.99. The van der Waals surface area contributed by atoms with Crippen molar-refractivity contribution in [2.45, 2.75) is 6.92 Å². The monoisotopic (exact) mass is 536 g/mol. The van der Waals surface area contributed by atoms with Crippen LogP contribution in [0, 0.1) is 0 Å². The van der Waals surface area contributed by atoms with Crippen LogP contribution < -0.4 is 14.2 Å². The van der Waals surface area contributed by atoms with Crippen molar-refractivity contribution in [3.05, 3.63) is 118 Å². The largest absolute Gasteiger partial charge is 0.494 e. The molecule has 0 fully saturated rings. The maximum atomic E-state index is 13.6. The third kappa shape index (κ3) is 4.67. The van der Waals surface area contributed by atoms with Crippen LogP contribution in [0.3, 0.4) is 0 Å². The first-order chi connectivity index (χ1) is 19.0. The van der Waals surface area contributed by atoms with E-state index < -0.39 is 5.97 Å². The van der Waals surface area contributed by atoms with Gasteiger partial charge in [-0.2, -0.15) is 0 Å². The number of furan rings is 1. The second-order valence-corrected chi connectivity index (χ2v) is 9.18. The molecule has 0 N–H and O–H groups in total. The molecule has 6 rings (SSSR count). The lowest BCUT2D eigenvalue weighted by Gasteiger charge is -2.07. The molecule has 0 atom stereocenters. The predicted molar refractivity (Wildman–Crippen MR) is 149 cm³/mol. The average Bonchev–Trinajstić information content (AvgIpc) is 3.47. The summed E-state index contributed by atoms with van der Waals surface area (Å²) in [5.41, 5.74) is 2.56. The second kappa shape index (κ2) is 10.2. The molecular weight excluding hydrogens is 516 g/mol. The Morgan fingerprint density at radius 2 is 1.69 bits per heavy atom. The Kier molecular flexibility index (Phi) is 6.39. The van der Waals surface area contributed by atoms with E-state index in [1.54, 1.807) is 54.6 Å². The Labute approximate surface area is 229 Å². The van der Waals surface area contributed by atoms with Gasteiger partial charge in [-0.3, -0.25) is 4.79 Å². The zero-order valence-electron chi connectivity index (χ0n) is 20.8. The van der Waals surface area contributed by atoms with E-state index in [2.05, 4.69) is 0 Å². The molecule has 6 nitrogen and oxygen atoms in total. The lowest BCUT2D eigenvalue weighted by Crippen LogP contribution is -2.09. The SMILES string of the molecule is CCOc1ccc2oc(-c3ccccc3)c(C(=O)Oc3ccc4c(c3)OC(=Cc3ccccc3Cl)C4=O)c2c1. The van der Waals surface area contributed by atoms with Gasteiger partial charge in [-0.25, -0.2) is 4.79 Å². The highest BCUT2D eigenvalue weighted by Crippen LogP contribution is 2.38. The van der Waals surface area contributed by atoms with Gasteiger partial charge in [0.25, 0.3) is 0 Å². The van der Waals surface area contributed by atoms with Crippen molar-refractivity contribution < 1.29 is 28.2 Å². The summed E-state index contributed by atoms with van der Waals surface area (Å²) >= 11 is 6.23. The first-order valence-electron chi connectivity index (χ1n) is 12.3. The van der Waals surface area contributed by atoms with Crippen molar-refractivity contribution in [2.24, 2.45) is 0 Å². The van der Waals surface area contributed by atoms with Crippen molar-refractivity contribution >= 4 is 40.4 Å². The Balaban J connectivity index is 1.34. The summed E-state index contributed by atoms with van der Waals surface area (Å²) in [6, 6.07) is 26.5. The fraction of sp³-hybridized carbons (Fsp3) is 0.0625. The number of allylic oxidation sites excluding steroid dienone is 1. The van der Waals surface area contributed by atoms with Gasteiger partial charge in [0, 0.05) is 22.0 Å². The van der Waals surface area contributed by atoms with Crippen molar-refractivity contribution in [1.82, 2.24) is 0 Å². The van der Waals surface area contributed by atoms with E-state index in [4.69, 9.17) is 30.2 Å². The molecule has 1 aliphatic rings. The highest BCUT2D eigenvalue weighted by atomic mass is 35.5. The molecule has 192 valence electrons. The number of hydrogen-bond acceptors (Lipinski definition) is 6. The number of rotatable bonds is 6. The molecular formula is C32H21ClO6. The number of ketones is 1. The van der Waals surface area contributed by atoms with Crippen molar-refractivity contribution in [3.63, 3.8) is 0 Å². The number of halogens is 1. The summed E-state index contributed by atoms with van der Waals surface area (Å²) < 4.78 is 23.4. The zero-order chi connectivity index (χ0) is 26.9. The van der Waals surface area contributed by atoms with Crippen LogP contribution in [0.15, 0.2) is 101 Å². The first kappa shape index (κ1) is 24.5. The molecule has 7 heteroatoms. The lowest BCUT2D eigenvalue weighted by molar-refractivity contribution is 0.0736. The minimum Gasteiger partial charge on any atom is -0.494 e. The minimum absolute atomic E-state index is 0.136. The summed E-state index contributed by atoms with van der Waals surface area (Å²) in [6.45, 7) is 2.37. The quantitative estimate of drug-likeness (QED) is 0.124. The third-order valence-corrected chi connectivity index (χ3v) is 6.60. The van der Waals surface area contributed by atoms with Gasteiger partial charge in [0.1, 0.15) is 34.2 Å². The van der Waals surface area contributed by atoms with Gasteiger partial charge in [-0.15, -0.1) is 0 Å². The topological polar surface area (TPSA) is 75.0 Å². The summed E-state index contributed by atoms with van der Waals surface area (Å²) in [5.74, 6) is 0.763. The van der Waals surface area contributed by atoms with Crippen LogP contribution in [0.4, 0.5) is 0 Å². The molecule has 0 amide bonds. The lowest BCUT2D eigenvalue weighted by atomic mass is 10.1. The Hall–Kier alpha value is -4.81. The van der Waals surface area contributed by atoms with Gasteiger partial charge in [0.15, 0.2) is 5.76 Å². The minimum atomic E-state index is -0.614. The summed E-state index contributed by atoms with van der Waals surface area (Å²) in [5, 5.41) is 1.07. The Morgan fingerprint density at radius 3 is 2.49 bits per heavy atom. The standard InChI is InChI=1S/C32H21ClO6/c1-2-36-21-13-15-26-24(17-21)29(31(39-26)19-8-4-3-5-9-19)32(35)37-22-12-14-23-27(18-22)38-28(30(23)34)16-20-10-6-7-11-25(20)33/h3-18H,2H2,1H3. The highest BCUT2D eigenvalue weighted by molar-refractivity contribution is 6.32. The van der Waals surface area contributed by atoms with Crippen LogP contribution in [-0.2, 0) is 0 Å². The van der Waals surface area contributed by atoms with Gasteiger partial charge in [0.2, 0.25) is 5.78 Å². The van der Waals surface area contributed by atoms with Crippen molar-refractivity contribution in [1.29, 1.82) is 0 Å². The molecule has 0 radical (unpaired) electrons. The van der Waals surface area contributed by atoms with Crippen LogP contribution in [0.5, 0.6) is 17.2 Å². The average molecular weight is 537 g/mol. The number of benzene rings is 4. The molecule has 0 bridgehead atoms. The summed E-state index contributed by atoms with van der Waals surface area (Å²) in [7, 11) is 0. The molecule has 2 heterocycles. The Morgan fingerprint density at radius 1 is 0.923 bits per heavy atom. The second-order valence-electron chi connectivity index (χ2n) is 8.77. The highest BCUT2D eigenvalue weighted by Gasteiger charge is 2.29. The van der Waals surface area contributed by atoms with E-state index in [1.165, 1.54) is 6.07 Å². The van der Waals surface area contributed by atoms with Crippen LogP contribution in [0.25, 0.3) is 28.4 Å². The van der Waals surface area contributed by atoms with Gasteiger partial charge >= 0.3 is 5.97 Å². The van der Waals surface area contributed by atoms with Crippen LogP contribution in [-0.4, -0.2) is 18.4 Å². The van der Waals surface area contributed by atoms with E-state index in [1.807, 2.05) is 43.3 Å². The van der Waals surface area contributed by atoms with Crippen molar-refractivity contribution in [2.75, 3.05) is 6.61 Å². The van der Waals surface area contributed by atoms with Gasteiger partial charge in [-0.1, -0.05) is 60.1 Å². The van der Waals surface area contributed by atoms with Crippen LogP contribution in [0.2, 0.25) is 5.02 Å².